The molecule has 115 heavy (non-hydrogen) atoms. The van der Waals surface area contributed by atoms with E-state index in [4.69, 9.17) is 43.6 Å². The third-order valence-electron chi connectivity index (χ3n) is 18.7. The highest BCUT2D eigenvalue weighted by Crippen LogP contribution is 2.33. The first-order valence-corrected chi connectivity index (χ1v) is 36.3. The van der Waals surface area contributed by atoms with Crippen molar-refractivity contribution in [2.45, 2.75) is 290 Å². The molecule has 4 fully saturated rings. The molecule has 0 aromatic carbocycles. The normalized spacial score (nSPS) is 31.6. The average molecular weight is 1670 g/mol. The van der Waals surface area contributed by atoms with Crippen LogP contribution in [-0.2, 0) is 95.4 Å². The summed E-state index contributed by atoms with van der Waals surface area (Å²) in [7, 11) is 0. The maximum Gasteiger partial charge on any atom is 0.246 e. The number of hydrogen-bond acceptors (Lipinski definition) is 38. The highest BCUT2D eigenvalue weighted by molar-refractivity contribution is 5.99. The molecule has 4 aliphatic rings. The topological polar surface area (TPSA) is 801 Å². The summed E-state index contributed by atoms with van der Waals surface area (Å²) in [6.07, 6.45) is -48.0. The number of primary amides is 1. The number of nitrogens with two attached hydrogens (primary N) is 1. The Kier molecular flexibility index (Phi) is 39.6. The van der Waals surface area contributed by atoms with E-state index in [1.54, 1.807) is 0 Å². The largest absolute Gasteiger partial charge is 0.394 e. The molecular weight excluding hydrogens is 1560 g/mol. The molecule has 0 saturated carbocycles. The van der Waals surface area contributed by atoms with Crippen LogP contribution in [0.5, 0.6) is 0 Å². The van der Waals surface area contributed by atoms with Crippen LogP contribution < -0.4 is 64.2 Å². The summed E-state index contributed by atoms with van der Waals surface area (Å²) in [6.45, 7) is 4.24. The summed E-state index contributed by atoms with van der Waals surface area (Å²) in [5.41, 5.74) is 5.29. The first-order chi connectivity index (χ1) is 53.7. The zero-order chi connectivity index (χ0) is 87.4. The van der Waals surface area contributed by atoms with Crippen molar-refractivity contribution in [2.24, 2.45) is 11.7 Å². The van der Waals surface area contributed by atoms with E-state index in [1.807, 2.05) is 10.6 Å². The average Bonchev–Trinajstić information content (AvgIpc) is 0.779. The van der Waals surface area contributed by atoms with Crippen molar-refractivity contribution in [1.29, 1.82) is 0 Å². The second-order valence-electron chi connectivity index (χ2n) is 28.4. The molecular formula is C65H112N12O38. The van der Waals surface area contributed by atoms with Gasteiger partial charge >= 0.3 is 0 Å². The Morgan fingerprint density at radius 2 is 0.600 bits per heavy atom. The molecule has 50 nitrogen and oxygen atoms in total. The van der Waals surface area contributed by atoms with Gasteiger partial charge in [-0.15, -0.1) is 0 Å². The molecule has 0 unspecified atom stereocenters. The van der Waals surface area contributed by atoms with Crippen LogP contribution in [0.15, 0.2) is 0 Å². The van der Waals surface area contributed by atoms with E-state index in [2.05, 4.69) is 47.9 Å². The summed E-state index contributed by atoms with van der Waals surface area (Å²) < 4.78 is 47.1. The van der Waals surface area contributed by atoms with Crippen molar-refractivity contribution < 1.29 is 187 Å². The van der Waals surface area contributed by atoms with Gasteiger partial charge in [0.15, 0.2) is 25.2 Å². The van der Waals surface area contributed by atoms with Crippen molar-refractivity contribution in [2.75, 3.05) is 39.6 Å². The monoisotopic (exact) mass is 1670 g/mol. The standard InChI is InChI=1S/C65H112N12O38/c1-18(2)34(56(102)70-28(12-78)54(100)74-38(22(6)87)59(105)73-35(19(3)84)53(66)99)72-60(106)40(24(8)109-63-42(69-27(11)90)52(46(94)33(17-83)111-63)115-65-50(98)48(96)44(92)31(15-81)113-65)77-61(107)39(76-55(101)29(13-79)71-57(103)37(21(5)86)75-58(104)36(20(4)85)67-25(9)88)23(7)108-62-41(68-26(10)89)51(45(93)32(16-82)110-62)114-64-49(97)47(95)43(91)30(14-80)112-64/h18-24,28-52,62-65,78-87,91-98H,12-17H2,1-11H3,(H2,66,99)(H,67,88)(H,68,89)(H,69,90)(H,70,102)(H,71,103)(H,72,106)(H,73,105)(H,74,100)(H,75,104)(H,76,101)(H,77,107)/t19-,20-,21-,22-,23-,24-,28+,29+,30-,31-,32-,33-,34+,35+,36+,37+,38+,39+,40+,41-,42-,43+,44+,45+,46+,47+,48+,49-,50-,51-,52-,62+,63+,64+,65+/m1/s1. The van der Waals surface area contributed by atoms with Gasteiger partial charge in [0.2, 0.25) is 70.9 Å². The molecule has 12 amide bonds. The number of amides is 12. The predicted octanol–water partition coefficient (Wildman–Crippen LogP) is -18.6. The van der Waals surface area contributed by atoms with Crippen molar-refractivity contribution in [1.82, 2.24) is 58.5 Å². The third kappa shape index (κ3) is 26.8. The lowest BCUT2D eigenvalue weighted by molar-refractivity contribution is -0.347. The Balaban J connectivity index is 1.99. The first kappa shape index (κ1) is 100.0. The molecule has 0 aromatic heterocycles. The Hall–Kier alpha value is -7.40. The summed E-state index contributed by atoms with van der Waals surface area (Å²) in [6, 6.07) is -23.0. The smallest absolute Gasteiger partial charge is 0.246 e. The molecule has 4 rings (SSSR count). The number of nitrogens with one attached hydrogen (secondary N) is 11. The van der Waals surface area contributed by atoms with Gasteiger partial charge in [0, 0.05) is 20.8 Å². The lowest BCUT2D eigenvalue weighted by atomic mass is 9.95. The Labute approximate surface area is 656 Å². The van der Waals surface area contributed by atoms with E-state index >= 15 is 9.59 Å². The van der Waals surface area contributed by atoms with E-state index in [0.29, 0.717) is 0 Å². The van der Waals surface area contributed by atoms with Crippen molar-refractivity contribution in [3.05, 3.63) is 0 Å². The number of aliphatic hydroxyl groups is 18. The van der Waals surface area contributed by atoms with Gasteiger partial charge in [-0.3, -0.25) is 57.5 Å². The molecule has 0 aliphatic carbocycles. The van der Waals surface area contributed by atoms with Gasteiger partial charge in [0.05, 0.1) is 76.3 Å². The lowest BCUT2D eigenvalue weighted by Gasteiger charge is -2.48. The highest BCUT2D eigenvalue weighted by atomic mass is 16.7. The molecule has 4 heterocycles. The molecule has 0 radical (unpaired) electrons. The maximum absolute atomic E-state index is 15.8. The zero-order valence-corrected chi connectivity index (χ0v) is 64.3. The van der Waals surface area contributed by atoms with Crippen LogP contribution in [-0.4, -0.2) is 416 Å². The van der Waals surface area contributed by atoms with E-state index in [9.17, 15) is 140 Å². The van der Waals surface area contributed by atoms with Crippen LogP contribution in [0.4, 0.5) is 0 Å². The fraction of sp³-hybridized carbons (Fsp3) is 0.815. The van der Waals surface area contributed by atoms with Crippen LogP contribution >= 0.6 is 0 Å². The van der Waals surface area contributed by atoms with E-state index in [-0.39, 0.29) is 0 Å². The molecule has 4 saturated heterocycles. The molecule has 35 atom stereocenters. The van der Waals surface area contributed by atoms with Crippen LogP contribution in [0.25, 0.3) is 0 Å². The fourth-order valence-electron chi connectivity index (χ4n) is 12.3. The number of hydrogen-bond donors (Lipinski definition) is 30. The Morgan fingerprint density at radius 3 is 0.904 bits per heavy atom. The first-order valence-electron chi connectivity index (χ1n) is 36.3. The molecule has 31 N–H and O–H groups in total. The second-order valence-corrected chi connectivity index (χ2v) is 28.4. The van der Waals surface area contributed by atoms with Gasteiger partial charge in [0.1, 0.15) is 152 Å². The van der Waals surface area contributed by atoms with Crippen molar-refractivity contribution in [3.8, 4) is 0 Å². The summed E-state index contributed by atoms with van der Waals surface area (Å²) in [5, 5.41) is 216. The van der Waals surface area contributed by atoms with Crippen molar-refractivity contribution in [3.63, 3.8) is 0 Å². The van der Waals surface area contributed by atoms with Crippen LogP contribution in [0.1, 0.15) is 76.2 Å². The van der Waals surface area contributed by atoms with E-state index in [0.717, 1.165) is 62.3 Å². The van der Waals surface area contributed by atoms with Gasteiger partial charge in [-0.25, -0.2) is 0 Å². The number of ether oxygens (including phenoxy) is 8. The zero-order valence-electron chi connectivity index (χ0n) is 64.3. The number of aliphatic hydroxyl groups excluding tert-OH is 18. The van der Waals surface area contributed by atoms with Gasteiger partial charge in [-0.05, 0) is 47.5 Å². The predicted molar refractivity (Wildman–Crippen MR) is 375 cm³/mol. The SMILES string of the molecule is CC(=O)N[C@H]1[C@@H](O[C@H](C)[C@H](NC(=O)[C@H](CO)NC(=O)[C@@H](NC(=O)[C@@H](NC(C)=O)[C@@H](C)O)[C@@H](C)O)C(=O)N[C@H](C(=O)N[C@H](C(=O)N[C@@H](CO)C(=O)N[C@H](C(=O)N[C@H](C(N)=O)[C@@H](C)O)[C@@H](C)O)C(C)C)[C@@H](C)O[C@H]2O[C@H](CO)[C@H](O)[C@H](O[C@@H]3O[C@H](CO)[C@H](O)[C@H](O)[C@H]3O)[C@H]2NC(C)=O)O[C@H](CO)[C@H](O)[C@@H]1O[C@@H]1O[C@H](CO)[C@H](O)[C@H](O)[C@H]1O. The van der Waals surface area contributed by atoms with Crippen LogP contribution in [0.2, 0.25) is 0 Å². The minimum atomic E-state index is -2.53. The summed E-state index contributed by atoms with van der Waals surface area (Å²) >= 11 is 0. The number of carbonyl (C=O) groups excluding carboxylic acids is 12. The fourth-order valence-corrected chi connectivity index (χ4v) is 12.3. The van der Waals surface area contributed by atoms with Gasteiger partial charge in [-0.1, -0.05) is 13.8 Å². The van der Waals surface area contributed by atoms with Gasteiger partial charge in [0.25, 0.3) is 0 Å². The van der Waals surface area contributed by atoms with E-state index < -0.39 is 330 Å². The minimum Gasteiger partial charge on any atom is -0.394 e. The molecule has 4 aliphatic heterocycles. The third-order valence-corrected chi connectivity index (χ3v) is 18.7. The highest BCUT2D eigenvalue weighted by Gasteiger charge is 2.56. The Morgan fingerprint density at radius 1 is 0.330 bits per heavy atom. The molecule has 0 aromatic rings. The number of carbonyl (C=O) groups is 12. The molecule has 50 heteroatoms. The van der Waals surface area contributed by atoms with Crippen LogP contribution in [0, 0.1) is 5.92 Å². The lowest BCUT2D eigenvalue weighted by Crippen LogP contribution is -2.69. The van der Waals surface area contributed by atoms with Gasteiger partial charge in [-0.2, -0.15) is 0 Å². The van der Waals surface area contributed by atoms with Gasteiger partial charge < -0.3 is 194 Å². The quantitative estimate of drug-likeness (QED) is 0.0270. The Bertz CT molecular complexity index is 3240. The van der Waals surface area contributed by atoms with E-state index in [1.165, 1.54) is 13.8 Å². The number of rotatable bonds is 41. The second kappa shape index (κ2) is 45.5. The molecule has 0 spiro atoms. The maximum atomic E-state index is 15.8. The minimum absolute atomic E-state index is 0.843. The summed E-state index contributed by atoms with van der Waals surface area (Å²) in [4.78, 5) is 166. The van der Waals surface area contributed by atoms with Crippen LogP contribution in [0.3, 0.4) is 0 Å². The molecule has 0 bridgehead atoms. The molecule has 660 valence electrons. The van der Waals surface area contributed by atoms with Crippen molar-refractivity contribution >= 4 is 70.9 Å². The summed E-state index contributed by atoms with van der Waals surface area (Å²) in [5.74, 6) is -17.0.